The molecule has 3 nitrogen and oxygen atoms in total. The topological polar surface area (TPSA) is 52.3 Å². The lowest BCUT2D eigenvalue weighted by Gasteiger charge is -2.24. The Labute approximate surface area is 98.3 Å². The van der Waals surface area contributed by atoms with E-state index in [1.54, 1.807) is 6.92 Å². The van der Waals surface area contributed by atoms with Crippen molar-refractivity contribution in [3.8, 4) is 0 Å². The van der Waals surface area contributed by atoms with Gasteiger partial charge >= 0.3 is 5.97 Å². The molecule has 0 saturated heterocycles. The fourth-order valence-corrected chi connectivity index (χ4v) is 1.80. The Hall–Kier alpha value is -1.13. The van der Waals surface area contributed by atoms with E-state index >= 15 is 0 Å². The molecule has 0 radical (unpaired) electrons. The lowest BCUT2D eigenvalue weighted by Crippen LogP contribution is -2.36. The quantitative estimate of drug-likeness (QED) is 0.831. The summed E-state index contributed by atoms with van der Waals surface area (Å²) < 4.78 is 17.4. The van der Waals surface area contributed by atoms with Crippen LogP contribution in [0.5, 0.6) is 0 Å². The van der Waals surface area contributed by atoms with Crippen LogP contribution in [0, 0.1) is 5.82 Å². The smallest absolute Gasteiger partial charge is 0.307 e. The first-order valence-corrected chi connectivity index (χ1v) is 5.06. The Balaban J connectivity index is 3.02. The van der Waals surface area contributed by atoms with Crippen LogP contribution in [0.4, 0.5) is 4.39 Å². The Kier molecular flexibility index (Phi) is 3.88. The second-order valence-electron chi connectivity index (χ2n) is 3.79. The van der Waals surface area contributed by atoms with E-state index < -0.39 is 17.3 Å². The Morgan fingerprint density at radius 1 is 1.62 bits per heavy atom. The van der Waals surface area contributed by atoms with Crippen LogP contribution >= 0.6 is 11.6 Å². The highest BCUT2D eigenvalue weighted by Gasteiger charge is 2.27. The van der Waals surface area contributed by atoms with Crippen molar-refractivity contribution in [2.24, 2.45) is 5.73 Å². The van der Waals surface area contributed by atoms with Gasteiger partial charge in [-0.3, -0.25) is 4.79 Å². The lowest BCUT2D eigenvalue weighted by molar-refractivity contribution is -0.141. The molecule has 88 valence electrons. The third kappa shape index (κ3) is 2.93. The first-order valence-electron chi connectivity index (χ1n) is 4.68. The molecule has 0 aliphatic carbocycles. The van der Waals surface area contributed by atoms with Crippen LogP contribution in [0.25, 0.3) is 0 Å². The molecular weight excluding hydrogens is 233 g/mol. The maximum absolute atomic E-state index is 12.8. The molecule has 1 atom stereocenters. The van der Waals surface area contributed by atoms with E-state index in [0.717, 1.165) is 0 Å². The number of rotatable bonds is 3. The van der Waals surface area contributed by atoms with Crippen molar-refractivity contribution in [1.29, 1.82) is 0 Å². The van der Waals surface area contributed by atoms with Crippen LogP contribution in [-0.4, -0.2) is 13.1 Å². The molecule has 16 heavy (non-hydrogen) atoms. The zero-order chi connectivity index (χ0) is 12.3. The van der Waals surface area contributed by atoms with Gasteiger partial charge in [0.2, 0.25) is 0 Å². The summed E-state index contributed by atoms with van der Waals surface area (Å²) in [7, 11) is 1.28. The van der Waals surface area contributed by atoms with E-state index in [-0.39, 0.29) is 11.4 Å². The van der Waals surface area contributed by atoms with Gasteiger partial charge in [-0.15, -0.1) is 0 Å². The van der Waals surface area contributed by atoms with E-state index in [2.05, 4.69) is 4.74 Å². The average Bonchev–Trinajstić information content (AvgIpc) is 2.16. The number of hydrogen-bond donors (Lipinski definition) is 1. The van der Waals surface area contributed by atoms with Crippen LogP contribution in [-0.2, 0) is 15.1 Å². The second-order valence-corrected chi connectivity index (χ2v) is 4.20. The van der Waals surface area contributed by atoms with Gasteiger partial charge in [-0.25, -0.2) is 4.39 Å². The Morgan fingerprint density at radius 2 is 2.25 bits per heavy atom. The van der Waals surface area contributed by atoms with Crippen molar-refractivity contribution >= 4 is 17.6 Å². The Bertz CT molecular complexity index is 407. The summed E-state index contributed by atoms with van der Waals surface area (Å²) in [6.45, 7) is 1.64. The van der Waals surface area contributed by atoms with Crippen molar-refractivity contribution in [3.05, 3.63) is 34.6 Å². The monoisotopic (exact) mass is 245 g/mol. The standard InChI is InChI=1S/C11H13ClFNO2/c1-11(14,6-10(15)16-2)8-4-3-7(13)5-9(8)12/h3-5H,6,14H2,1-2H3. The van der Waals surface area contributed by atoms with Gasteiger partial charge in [-0.05, 0) is 24.6 Å². The fourth-order valence-electron chi connectivity index (χ4n) is 1.42. The minimum atomic E-state index is -0.974. The largest absolute Gasteiger partial charge is 0.469 e. The minimum Gasteiger partial charge on any atom is -0.469 e. The summed E-state index contributed by atoms with van der Waals surface area (Å²) in [5.41, 5.74) is 5.50. The van der Waals surface area contributed by atoms with Gasteiger partial charge in [-0.1, -0.05) is 17.7 Å². The molecule has 2 N–H and O–H groups in total. The number of carbonyl (C=O) groups is 1. The SMILES string of the molecule is COC(=O)CC(C)(N)c1ccc(F)cc1Cl. The summed E-state index contributed by atoms with van der Waals surface area (Å²) in [6.07, 6.45) is -0.0190. The van der Waals surface area contributed by atoms with Crippen LogP contribution in [0.3, 0.4) is 0 Å². The fraction of sp³-hybridized carbons (Fsp3) is 0.364. The molecule has 0 aliphatic rings. The minimum absolute atomic E-state index is 0.0190. The maximum atomic E-state index is 12.8. The zero-order valence-electron chi connectivity index (χ0n) is 9.09. The summed E-state index contributed by atoms with van der Waals surface area (Å²) in [4.78, 5) is 11.2. The molecular formula is C11H13ClFNO2. The van der Waals surface area contributed by atoms with Gasteiger partial charge in [-0.2, -0.15) is 0 Å². The molecule has 0 amide bonds. The van der Waals surface area contributed by atoms with Crippen LogP contribution < -0.4 is 5.73 Å². The van der Waals surface area contributed by atoms with Gasteiger partial charge < -0.3 is 10.5 Å². The third-order valence-electron chi connectivity index (χ3n) is 2.29. The number of halogens is 2. The van der Waals surface area contributed by atoms with E-state index in [1.807, 2.05) is 0 Å². The molecule has 0 saturated carbocycles. The molecule has 0 aliphatic heterocycles. The summed E-state index contributed by atoms with van der Waals surface area (Å²) in [5, 5.41) is 0.203. The molecule has 0 heterocycles. The van der Waals surface area contributed by atoms with E-state index in [1.165, 1.54) is 25.3 Å². The second kappa shape index (κ2) is 4.80. The lowest BCUT2D eigenvalue weighted by atomic mass is 9.90. The van der Waals surface area contributed by atoms with Gasteiger partial charge in [0, 0.05) is 5.02 Å². The van der Waals surface area contributed by atoms with Gasteiger partial charge in [0.25, 0.3) is 0 Å². The van der Waals surface area contributed by atoms with Gasteiger partial charge in [0.05, 0.1) is 19.1 Å². The number of nitrogens with two attached hydrogens (primary N) is 1. The average molecular weight is 246 g/mol. The maximum Gasteiger partial charge on any atom is 0.307 e. The molecule has 1 rings (SSSR count). The number of carbonyl (C=O) groups excluding carboxylic acids is 1. The summed E-state index contributed by atoms with van der Waals surface area (Å²) in [6, 6.07) is 3.89. The predicted octanol–water partition coefficient (Wildman–Crippen LogP) is 2.22. The number of ether oxygens (including phenoxy) is 1. The van der Waals surface area contributed by atoms with Crippen molar-refractivity contribution in [2.75, 3.05) is 7.11 Å². The third-order valence-corrected chi connectivity index (χ3v) is 2.60. The first kappa shape index (κ1) is 12.9. The molecule has 0 aromatic heterocycles. The van der Waals surface area contributed by atoms with E-state index in [4.69, 9.17) is 17.3 Å². The van der Waals surface area contributed by atoms with Crippen molar-refractivity contribution in [2.45, 2.75) is 18.9 Å². The molecule has 1 unspecified atom stereocenters. The Morgan fingerprint density at radius 3 is 2.75 bits per heavy atom. The van der Waals surface area contributed by atoms with Crippen molar-refractivity contribution in [1.82, 2.24) is 0 Å². The zero-order valence-corrected chi connectivity index (χ0v) is 9.84. The number of esters is 1. The van der Waals surface area contributed by atoms with E-state index in [0.29, 0.717) is 5.56 Å². The van der Waals surface area contributed by atoms with E-state index in [9.17, 15) is 9.18 Å². The van der Waals surface area contributed by atoms with Crippen LogP contribution in [0.15, 0.2) is 18.2 Å². The van der Waals surface area contributed by atoms with Crippen LogP contribution in [0.2, 0.25) is 5.02 Å². The van der Waals surface area contributed by atoms with Crippen molar-refractivity contribution in [3.63, 3.8) is 0 Å². The van der Waals surface area contributed by atoms with Gasteiger partial charge in [0.15, 0.2) is 0 Å². The highest BCUT2D eigenvalue weighted by molar-refractivity contribution is 6.31. The molecule has 0 spiro atoms. The highest BCUT2D eigenvalue weighted by atomic mass is 35.5. The molecule has 1 aromatic carbocycles. The molecule has 1 aromatic rings. The summed E-state index contributed by atoms with van der Waals surface area (Å²) in [5.74, 6) is -0.881. The predicted molar refractivity (Wildman–Crippen MR) is 59.6 cm³/mol. The van der Waals surface area contributed by atoms with Gasteiger partial charge in [0.1, 0.15) is 5.82 Å². The van der Waals surface area contributed by atoms with Crippen LogP contribution in [0.1, 0.15) is 18.9 Å². The highest BCUT2D eigenvalue weighted by Crippen LogP contribution is 2.29. The summed E-state index contributed by atoms with van der Waals surface area (Å²) >= 11 is 5.87. The normalized spacial score (nSPS) is 14.3. The molecule has 5 heteroatoms. The molecule has 0 bridgehead atoms. The molecule has 0 fully saturated rings. The number of hydrogen-bond acceptors (Lipinski definition) is 3. The number of benzene rings is 1. The first-order chi connectivity index (χ1) is 7.36. The number of methoxy groups -OCH3 is 1. The van der Waals surface area contributed by atoms with Crippen molar-refractivity contribution < 1.29 is 13.9 Å².